The van der Waals surface area contributed by atoms with Crippen LogP contribution >= 0.6 is 11.8 Å². The first-order valence-electron chi connectivity index (χ1n) is 7.69. The van der Waals surface area contributed by atoms with Gasteiger partial charge < -0.3 is 14.5 Å². The highest BCUT2D eigenvalue weighted by Crippen LogP contribution is 2.21. The van der Waals surface area contributed by atoms with Gasteiger partial charge in [0, 0.05) is 26.0 Å². The number of hydrogen-bond acceptors (Lipinski definition) is 5. The number of aryl methyl sites for hydroxylation is 1. The van der Waals surface area contributed by atoms with Crippen LogP contribution in [0.2, 0.25) is 0 Å². The van der Waals surface area contributed by atoms with Crippen LogP contribution in [-0.4, -0.2) is 31.0 Å². The number of carbonyl (C=O) groups is 1. The molecule has 0 radical (unpaired) electrons. The third kappa shape index (κ3) is 3.83. The van der Waals surface area contributed by atoms with Gasteiger partial charge in [0.1, 0.15) is 5.82 Å². The van der Waals surface area contributed by atoms with Gasteiger partial charge >= 0.3 is 0 Å². The number of anilines is 1. The van der Waals surface area contributed by atoms with E-state index < -0.39 is 5.82 Å². The summed E-state index contributed by atoms with van der Waals surface area (Å²) in [6.07, 6.45) is 1.66. The Morgan fingerprint density at radius 3 is 2.81 bits per heavy atom. The standard InChI is InChI=1S/C17H16FN5O2S/c1-22-8-4-7-13(16(22)25)15-20-21-17(23(15)2)26-10-14(24)19-12-6-3-5-11(18)9-12/h3-9H,10H2,1-2H3,(H,19,24). The Morgan fingerprint density at radius 2 is 2.04 bits per heavy atom. The summed E-state index contributed by atoms with van der Waals surface area (Å²) in [5.41, 5.74) is 0.645. The van der Waals surface area contributed by atoms with Crippen LogP contribution in [0.3, 0.4) is 0 Å². The summed E-state index contributed by atoms with van der Waals surface area (Å²) in [5.74, 6) is -0.201. The highest BCUT2D eigenvalue weighted by Gasteiger charge is 2.15. The molecule has 0 bridgehead atoms. The third-order valence-electron chi connectivity index (χ3n) is 3.64. The smallest absolute Gasteiger partial charge is 0.261 e. The highest BCUT2D eigenvalue weighted by molar-refractivity contribution is 7.99. The summed E-state index contributed by atoms with van der Waals surface area (Å²) in [5, 5.41) is 11.2. The predicted octanol–water partition coefficient (Wildman–Crippen LogP) is 2.05. The first-order valence-corrected chi connectivity index (χ1v) is 8.68. The molecular formula is C17H16FN5O2S. The lowest BCUT2D eigenvalue weighted by molar-refractivity contribution is -0.113. The molecule has 0 spiro atoms. The largest absolute Gasteiger partial charge is 0.325 e. The Kier molecular flexibility index (Phi) is 5.17. The Bertz CT molecular complexity index is 1010. The first-order chi connectivity index (χ1) is 12.5. The van der Waals surface area contributed by atoms with Gasteiger partial charge in [-0.25, -0.2) is 4.39 Å². The second kappa shape index (κ2) is 7.52. The molecule has 7 nitrogen and oxygen atoms in total. The number of benzene rings is 1. The fourth-order valence-corrected chi connectivity index (χ4v) is 3.05. The van der Waals surface area contributed by atoms with E-state index >= 15 is 0 Å². The van der Waals surface area contributed by atoms with Crippen molar-refractivity contribution in [3.8, 4) is 11.4 Å². The van der Waals surface area contributed by atoms with Crippen molar-refractivity contribution >= 4 is 23.4 Å². The predicted molar refractivity (Wildman–Crippen MR) is 97.4 cm³/mol. The summed E-state index contributed by atoms with van der Waals surface area (Å²) < 4.78 is 16.3. The lowest BCUT2D eigenvalue weighted by Gasteiger charge is -2.06. The van der Waals surface area contributed by atoms with Gasteiger partial charge in [0.05, 0.1) is 11.3 Å². The van der Waals surface area contributed by atoms with Crippen molar-refractivity contribution in [3.05, 3.63) is 58.8 Å². The monoisotopic (exact) mass is 373 g/mol. The molecule has 0 saturated carbocycles. The minimum atomic E-state index is -0.419. The number of carbonyl (C=O) groups excluding carboxylic acids is 1. The molecule has 3 aromatic rings. The van der Waals surface area contributed by atoms with E-state index in [2.05, 4.69) is 15.5 Å². The maximum Gasteiger partial charge on any atom is 0.261 e. The molecule has 2 heterocycles. The van der Waals surface area contributed by atoms with Gasteiger partial charge in [0.25, 0.3) is 5.56 Å². The number of nitrogens with one attached hydrogen (secondary N) is 1. The fourth-order valence-electron chi connectivity index (χ4n) is 2.34. The van der Waals surface area contributed by atoms with Crippen LogP contribution in [0.4, 0.5) is 10.1 Å². The minimum absolute atomic E-state index is 0.0787. The van der Waals surface area contributed by atoms with Crippen LogP contribution in [0, 0.1) is 5.82 Å². The fraction of sp³-hybridized carbons (Fsp3) is 0.176. The molecule has 3 rings (SSSR count). The second-order valence-electron chi connectivity index (χ2n) is 5.55. The summed E-state index contributed by atoms with van der Waals surface area (Å²) in [6.45, 7) is 0. The third-order valence-corrected chi connectivity index (χ3v) is 4.66. The van der Waals surface area contributed by atoms with Gasteiger partial charge in [-0.2, -0.15) is 0 Å². The van der Waals surface area contributed by atoms with Gasteiger partial charge in [-0.3, -0.25) is 9.59 Å². The SMILES string of the molecule is Cn1c(SCC(=O)Nc2cccc(F)c2)nnc1-c1cccn(C)c1=O. The van der Waals surface area contributed by atoms with Crippen molar-refractivity contribution in [1.82, 2.24) is 19.3 Å². The van der Waals surface area contributed by atoms with E-state index in [1.165, 1.54) is 34.5 Å². The zero-order chi connectivity index (χ0) is 18.7. The van der Waals surface area contributed by atoms with E-state index in [0.717, 1.165) is 0 Å². The number of pyridine rings is 1. The van der Waals surface area contributed by atoms with Crippen molar-refractivity contribution in [3.63, 3.8) is 0 Å². The molecule has 9 heteroatoms. The number of rotatable bonds is 5. The Balaban J connectivity index is 1.70. The number of hydrogen-bond donors (Lipinski definition) is 1. The Morgan fingerprint density at radius 1 is 1.23 bits per heavy atom. The van der Waals surface area contributed by atoms with Crippen molar-refractivity contribution in [2.75, 3.05) is 11.1 Å². The summed E-state index contributed by atoms with van der Waals surface area (Å²) in [6, 6.07) is 9.11. The van der Waals surface area contributed by atoms with Gasteiger partial charge in [0.15, 0.2) is 11.0 Å². The number of halogens is 1. The van der Waals surface area contributed by atoms with E-state index in [4.69, 9.17) is 0 Å². The summed E-state index contributed by atoms with van der Waals surface area (Å²) >= 11 is 1.18. The maximum absolute atomic E-state index is 13.1. The zero-order valence-electron chi connectivity index (χ0n) is 14.1. The molecule has 0 aliphatic rings. The summed E-state index contributed by atoms with van der Waals surface area (Å²) in [4.78, 5) is 24.2. The molecule has 0 fully saturated rings. The van der Waals surface area contributed by atoms with Gasteiger partial charge in [-0.15, -0.1) is 10.2 Å². The molecule has 1 aromatic carbocycles. The molecule has 1 N–H and O–H groups in total. The molecule has 0 atom stereocenters. The minimum Gasteiger partial charge on any atom is -0.325 e. The number of amides is 1. The molecule has 0 aliphatic carbocycles. The normalized spacial score (nSPS) is 10.7. The molecule has 0 unspecified atom stereocenters. The maximum atomic E-state index is 13.1. The number of thioether (sulfide) groups is 1. The second-order valence-corrected chi connectivity index (χ2v) is 6.49. The topological polar surface area (TPSA) is 81.8 Å². The van der Waals surface area contributed by atoms with Crippen LogP contribution in [0.1, 0.15) is 0 Å². The van der Waals surface area contributed by atoms with Crippen LogP contribution < -0.4 is 10.9 Å². The highest BCUT2D eigenvalue weighted by atomic mass is 32.2. The van der Waals surface area contributed by atoms with E-state index in [9.17, 15) is 14.0 Å². The van der Waals surface area contributed by atoms with Gasteiger partial charge in [-0.05, 0) is 30.3 Å². The van der Waals surface area contributed by atoms with E-state index in [1.807, 2.05) is 0 Å². The first kappa shape index (κ1) is 17.9. The van der Waals surface area contributed by atoms with E-state index in [0.29, 0.717) is 22.2 Å². The molecule has 134 valence electrons. The van der Waals surface area contributed by atoms with Crippen LogP contribution in [0.5, 0.6) is 0 Å². The number of nitrogens with zero attached hydrogens (tertiary/aromatic N) is 4. The van der Waals surface area contributed by atoms with Crippen LogP contribution in [0.15, 0.2) is 52.5 Å². The average molecular weight is 373 g/mol. The molecular weight excluding hydrogens is 357 g/mol. The molecule has 1 amide bonds. The zero-order valence-corrected chi connectivity index (χ0v) is 15.0. The van der Waals surface area contributed by atoms with Crippen LogP contribution in [-0.2, 0) is 18.9 Å². The van der Waals surface area contributed by atoms with Gasteiger partial charge in [0.2, 0.25) is 5.91 Å². The average Bonchev–Trinajstić information content (AvgIpc) is 2.96. The van der Waals surface area contributed by atoms with Crippen LogP contribution in [0.25, 0.3) is 11.4 Å². The van der Waals surface area contributed by atoms with Crippen molar-refractivity contribution < 1.29 is 9.18 Å². The van der Waals surface area contributed by atoms with Crippen molar-refractivity contribution in [1.29, 1.82) is 0 Å². The molecule has 0 saturated heterocycles. The summed E-state index contributed by atoms with van der Waals surface area (Å²) in [7, 11) is 3.39. The van der Waals surface area contributed by atoms with E-state index in [-0.39, 0.29) is 17.2 Å². The van der Waals surface area contributed by atoms with E-state index in [1.54, 1.807) is 43.1 Å². The molecule has 26 heavy (non-hydrogen) atoms. The van der Waals surface area contributed by atoms with Crippen molar-refractivity contribution in [2.24, 2.45) is 14.1 Å². The lowest BCUT2D eigenvalue weighted by atomic mass is 10.2. The Hall–Kier alpha value is -2.94. The quantitative estimate of drug-likeness (QED) is 0.692. The Labute approximate surface area is 152 Å². The molecule has 0 aliphatic heterocycles. The van der Waals surface area contributed by atoms with Gasteiger partial charge in [-0.1, -0.05) is 17.8 Å². The molecule has 2 aromatic heterocycles. The van der Waals surface area contributed by atoms with Crippen molar-refractivity contribution in [2.45, 2.75) is 5.16 Å². The lowest BCUT2D eigenvalue weighted by Crippen LogP contribution is -2.18. The number of aromatic nitrogens is 4.